The van der Waals surface area contributed by atoms with Gasteiger partial charge in [0, 0.05) is 11.4 Å². The van der Waals surface area contributed by atoms with Crippen molar-refractivity contribution in [3.05, 3.63) is 22.4 Å². The minimum absolute atomic E-state index is 0.101. The van der Waals surface area contributed by atoms with Gasteiger partial charge in [-0.2, -0.15) is 0 Å². The Kier molecular flexibility index (Phi) is 4.36. The molecular formula is C13H17NO3S. The molecule has 1 saturated carbocycles. The molecule has 18 heavy (non-hydrogen) atoms. The molecule has 0 spiro atoms. The molecule has 0 unspecified atom stereocenters. The molecule has 2 N–H and O–H groups in total. The predicted molar refractivity (Wildman–Crippen MR) is 69.5 cm³/mol. The van der Waals surface area contributed by atoms with Crippen LogP contribution in [0.1, 0.15) is 24.1 Å². The van der Waals surface area contributed by atoms with E-state index in [-0.39, 0.29) is 11.8 Å². The first-order valence-electron chi connectivity index (χ1n) is 6.21. The van der Waals surface area contributed by atoms with E-state index in [0.717, 1.165) is 12.8 Å². The van der Waals surface area contributed by atoms with Crippen LogP contribution in [0.15, 0.2) is 17.5 Å². The summed E-state index contributed by atoms with van der Waals surface area (Å²) in [6.07, 6.45) is 2.97. The van der Waals surface area contributed by atoms with Gasteiger partial charge in [-0.3, -0.25) is 9.59 Å². The molecule has 0 saturated heterocycles. The van der Waals surface area contributed by atoms with Gasteiger partial charge in [-0.05, 0) is 30.7 Å². The van der Waals surface area contributed by atoms with Crippen LogP contribution in [0.5, 0.6) is 0 Å². The van der Waals surface area contributed by atoms with Crippen LogP contribution in [0.2, 0.25) is 0 Å². The molecule has 5 heteroatoms. The fraction of sp³-hybridized carbons (Fsp3) is 0.538. The first-order valence-corrected chi connectivity index (χ1v) is 7.09. The highest BCUT2D eigenvalue weighted by Crippen LogP contribution is 2.31. The van der Waals surface area contributed by atoms with E-state index in [2.05, 4.69) is 5.32 Å². The lowest BCUT2D eigenvalue weighted by atomic mass is 9.95. The summed E-state index contributed by atoms with van der Waals surface area (Å²) in [7, 11) is 0. The first-order chi connectivity index (χ1) is 8.68. The van der Waals surface area contributed by atoms with E-state index in [1.165, 1.54) is 4.88 Å². The van der Waals surface area contributed by atoms with Gasteiger partial charge in [0.05, 0.1) is 11.8 Å². The van der Waals surface area contributed by atoms with Gasteiger partial charge < -0.3 is 10.4 Å². The summed E-state index contributed by atoms with van der Waals surface area (Å²) in [5, 5.41) is 13.9. The summed E-state index contributed by atoms with van der Waals surface area (Å²) in [5.74, 6) is -1.78. The lowest BCUT2D eigenvalue weighted by Crippen LogP contribution is -2.36. The number of nitrogens with one attached hydrogen (secondary N) is 1. The van der Waals surface area contributed by atoms with Crippen molar-refractivity contribution >= 4 is 23.2 Å². The fourth-order valence-corrected chi connectivity index (χ4v) is 3.17. The highest BCUT2D eigenvalue weighted by molar-refractivity contribution is 7.09. The monoisotopic (exact) mass is 267 g/mol. The molecule has 98 valence electrons. The summed E-state index contributed by atoms with van der Waals surface area (Å²) in [5.41, 5.74) is 0. The summed E-state index contributed by atoms with van der Waals surface area (Å²) >= 11 is 1.67. The largest absolute Gasteiger partial charge is 0.481 e. The lowest BCUT2D eigenvalue weighted by molar-refractivity contribution is -0.146. The minimum atomic E-state index is -0.842. The third kappa shape index (κ3) is 3.10. The Morgan fingerprint density at radius 2 is 2.17 bits per heavy atom. The fourth-order valence-electron chi connectivity index (χ4n) is 2.46. The second-order valence-corrected chi connectivity index (χ2v) is 5.63. The zero-order valence-corrected chi connectivity index (χ0v) is 10.9. The lowest BCUT2D eigenvalue weighted by Gasteiger charge is -2.15. The Morgan fingerprint density at radius 1 is 1.39 bits per heavy atom. The van der Waals surface area contributed by atoms with Crippen LogP contribution < -0.4 is 5.32 Å². The number of rotatable bonds is 5. The number of carboxylic acid groups (broad SMARTS) is 1. The molecule has 1 aromatic heterocycles. The van der Waals surface area contributed by atoms with Gasteiger partial charge in [-0.15, -0.1) is 11.3 Å². The number of hydrogen-bond acceptors (Lipinski definition) is 3. The van der Waals surface area contributed by atoms with E-state index in [1.54, 1.807) is 11.3 Å². The second kappa shape index (κ2) is 6.00. The van der Waals surface area contributed by atoms with E-state index in [9.17, 15) is 9.59 Å². The molecule has 1 aromatic rings. The molecule has 1 aliphatic carbocycles. The van der Waals surface area contributed by atoms with E-state index in [4.69, 9.17) is 5.11 Å². The van der Waals surface area contributed by atoms with Crippen LogP contribution in [0.4, 0.5) is 0 Å². The Hall–Kier alpha value is -1.36. The molecule has 1 amide bonds. The Bertz CT molecular complexity index is 416. The van der Waals surface area contributed by atoms with Crippen LogP contribution in [-0.2, 0) is 16.0 Å². The van der Waals surface area contributed by atoms with Crippen molar-refractivity contribution < 1.29 is 14.7 Å². The molecule has 2 rings (SSSR count). The van der Waals surface area contributed by atoms with Gasteiger partial charge in [0.15, 0.2) is 0 Å². The number of carbonyl (C=O) groups excluding carboxylic acids is 1. The van der Waals surface area contributed by atoms with Crippen LogP contribution in [0.3, 0.4) is 0 Å². The number of thiophene rings is 1. The summed E-state index contributed by atoms with van der Waals surface area (Å²) in [6.45, 7) is 0.586. The van der Waals surface area contributed by atoms with Crippen LogP contribution in [0.25, 0.3) is 0 Å². The number of hydrogen-bond donors (Lipinski definition) is 2. The molecule has 1 aliphatic rings. The predicted octanol–water partition coefficient (Wildman–Crippen LogP) is 1.91. The number of amides is 1. The van der Waals surface area contributed by atoms with Crippen molar-refractivity contribution in [2.24, 2.45) is 11.8 Å². The maximum Gasteiger partial charge on any atom is 0.307 e. The normalized spacial score (nSPS) is 22.9. The summed E-state index contributed by atoms with van der Waals surface area (Å²) < 4.78 is 0. The van der Waals surface area contributed by atoms with E-state index < -0.39 is 11.9 Å². The van der Waals surface area contributed by atoms with Gasteiger partial charge in [-0.25, -0.2) is 0 Å². The van der Waals surface area contributed by atoms with Crippen LogP contribution in [0, 0.1) is 11.8 Å². The number of carbonyl (C=O) groups is 2. The van der Waals surface area contributed by atoms with Gasteiger partial charge in [0.25, 0.3) is 0 Å². The molecule has 0 bridgehead atoms. The smallest absolute Gasteiger partial charge is 0.307 e. The third-order valence-corrected chi connectivity index (χ3v) is 4.36. The Morgan fingerprint density at radius 3 is 2.83 bits per heavy atom. The molecule has 0 aliphatic heterocycles. The highest BCUT2D eigenvalue weighted by Gasteiger charge is 2.37. The SMILES string of the molecule is O=C(O)[C@H]1CCC[C@H]1C(=O)NCCc1cccs1. The molecule has 4 nitrogen and oxygen atoms in total. The highest BCUT2D eigenvalue weighted by atomic mass is 32.1. The van der Waals surface area contributed by atoms with Crippen molar-refractivity contribution in [2.75, 3.05) is 6.54 Å². The molecule has 2 atom stereocenters. The number of aliphatic carboxylic acids is 1. The maximum absolute atomic E-state index is 11.9. The first kappa shape index (κ1) is 13.1. The van der Waals surface area contributed by atoms with Gasteiger partial charge in [0.2, 0.25) is 5.91 Å². The topological polar surface area (TPSA) is 66.4 Å². The van der Waals surface area contributed by atoms with Crippen LogP contribution >= 0.6 is 11.3 Å². The van der Waals surface area contributed by atoms with Gasteiger partial charge in [-0.1, -0.05) is 12.5 Å². The molecular weight excluding hydrogens is 250 g/mol. The average Bonchev–Trinajstić information content (AvgIpc) is 2.99. The van der Waals surface area contributed by atoms with Crippen molar-refractivity contribution in [1.29, 1.82) is 0 Å². The average molecular weight is 267 g/mol. The second-order valence-electron chi connectivity index (χ2n) is 4.60. The Balaban J connectivity index is 1.79. The summed E-state index contributed by atoms with van der Waals surface area (Å²) in [4.78, 5) is 24.1. The molecule has 1 fully saturated rings. The van der Waals surface area contributed by atoms with Crippen molar-refractivity contribution in [3.63, 3.8) is 0 Å². The van der Waals surface area contributed by atoms with Crippen molar-refractivity contribution in [3.8, 4) is 0 Å². The van der Waals surface area contributed by atoms with Gasteiger partial charge in [0.1, 0.15) is 0 Å². The molecule has 1 heterocycles. The van der Waals surface area contributed by atoms with E-state index >= 15 is 0 Å². The minimum Gasteiger partial charge on any atom is -0.481 e. The Labute approximate surface area is 110 Å². The summed E-state index contributed by atoms with van der Waals surface area (Å²) in [6, 6.07) is 4.02. The van der Waals surface area contributed by atoms with Crippen molar-refractivity contribution in [1.82, 2.24) is 5.32 Å². The van der Waals surface area contributed by atoms with E-state index in [1.807, 2.05) is 17.5 Å². The van der Waals surface area contributed by atoms with E-state index in [0.29, 0.717) is 19.4 Å². The standard InChI is InChI=1S/C13H17NO3S/c15-12(10-4-1-5-11(10)13(16)17)14-7-6-9-3-2-8-18-9/h2-3,8,10-11H,1,4-7H2,(H,14,15)(H,16,17)/t10-,11+/m1/s1. The zero-order valence-electron chi connectivity index (χ0n) is 10.1. The number of carboxylic acids is 1. The van der Waals surface area contributed by atoms with Crippen LogP contribution in [-0.4, -0.2) is 23.5 Å². The molecule has 0 aromatic carbocycles. The zero-order chi connectivity index (χ0) is 13.0. The third-order valence-electron chi connectivity index (χ3n) is 3.42. The quantitative estimate of drug-likeness (QED) is 0.856. The maximum atomic E-state index is 11.9. The molecule has 0 radical (unpaired) electrons. The van der Waals surface area contributed by atoms with Crippen molar-refractivity contribution in [2.45, 2.75) is 25.7 Å². The van der Waals surface area contributed by atoms with Gasteiger partial charge >= 0.3 is 5.97 Å².